The van der Waals surface area contributed by atoms with Gasteiger partial charge in [-0.3, -0.25) is 5.32 Å². The lowest BCUT2D eigenvalue weighted by Gasteiger charge is -2.04. The van der Waals surface area contributed by atoms with Crippen LogP contribution < -0.4 is 5.32 Å². The molecule has 3 aromatic rings. The largest absolute Gasteiger partial charge is 0.453 e. The van der Waals surface area contributed by atoms with E-state index in [-0.39, 0.29) is 0 Å². The molecule has 0 spiro atoms. The number of thiazole rings is 1. The van der Waals surface area contributed by atoms with Crippen LogP contribution in [0.4, 0.5) is 10.5 Å². The third-order valence-electron chi connectivity index (χ3n) is 2.99. The average molecular weight is 330 g/mol. The molecule has 1 N–H and O–H groups in total. The van der Waals surface area contributed by atoms with Crippen LogP contribution in [-0.4, -0.2) is 18.2 Å². The monoisotopic (exact) mass is 330 g/mol. The Bertz CT molecular complexity index is 751. The summed E-state index contributed by atoms with van der Waals surface area (Å²) in [6, 6.07) is 15.8. The number of hydrogen-bond donors (Lipinski definition) is 1. The van der Waals surface area contributed by atoms with Gasteiger partial charge in [0, 0.05) is 10.6 Å². The lowest BCUT2D eigenvalue weighted by atomic mass is 10.3. The molecule has 1 heterocycles. The molecule has 112 valence electrons. The first-order chi connectivity index (χ1) is 10.7. The summed E-state index contributed by atoms with van der Waals surface area (Å²) in [6.07, 6.45) is -0.463. The highest BCUT2D eigenvalue weighted by Gasteiger charge is 2.05. The zero-order valence-electron chi connectivity index (χ0n) is 11.9. The van der Waals surface area contributed by atoms with Gasteiger partial charge in [-0.15, -0.1) is 23.1 Å². The fraction of sp³-hybridized carbons (Fsp3) is 0.125. The molecule has 3 rings (SSSR count). The fourth-order valence-corrected chi connectivity index (χ4v) is 3.79. The molecular weight excluding hydrogens is 316 g/mol. The van der Waals surface area contributed by atoms with Crippen molar-refractivity contribution < 1.29 is 9.53 Å². The zero-order chi connectivity index (χ0) is 15.4. The molecular formula is C16H14N2O2S2. The molecule has 0 aliphatic rings. The van der Waals surface area contributed by atoms with Crippen molar-refractivity contribution in [1.82, 2.24) is 4.98 Å². The van der Waals surface area contributed by atoms with Crippen LogP contribution in [0.2, 0.25) is 0 Å². The van der Waals surface area contributed by atoms with Crippen LogP contribution in [0.25, 0.3) is 10.2 Å². The number of thioether (sulfide) groups is 1. The van der Waals surface area contributed by atoms with E-state index in [9.17, 15) is 4.79 Å². The maximum absolute atomic E-state index is 11.1. The van der Waals surface area contributed by atoms with E-state index in [0.717, 1.165) is 26.9 Å². The van der Waals surface area contributed by atoms with E-state index in [1.165, 1.54) is 11.8 Å². The second-order valence-corrected chi connectivity index (χ2v) is 6.67. The van der Waals surface area contributed by atoms with E-state index in [4.69, 9.17) is 0 Å². The first kappa shape index (κ1) is 14.9. The van der Waals surface area contributed by atoms with E-state index < -0.39 is 6.09 Å². The molecule has 0 unspecified atom stereocenters. The first-order valence-electron chi connectivity index (χ1n) is 6.67. The van der Waals surface area contributed by atoms with Crippen molar-refractivity contribution in [2.24, 2.45) is 0 Å². The maximum Gasteiger partial charge on any atom is 0.411 e. The number of carbonyl (C=O) groups excluding carboxylic acids is 1. The normalized spacial score (nSPS) is 10.6. The number of anilines is 1. The number of para-hydroxylation sites is 1. The molecule has 22 heavy (non-hydrogen) atoms. The van der Waals surface area contributed by atoms with Gasteiger partial charge in [0.15, 0.2) is 0 Å². The van der Waals surface area contributed by atoms with Crippen LogP contribution in [0, 0.1) is 0 Å². The Hall–Kier alpha value is -2.05. The van der Waals surface area contributed by atoms with Crippen LogP contribution >= 0.6 is 23.1 Å². The number of ether oxygens (including phenoxy) is 1. The van der Waals surface area contributed by atoms with Gasteiger partial charge >= 0.3 is 6.09 Å². The Morgan fingerprint density at radius 1 is 1.23 bits per heavy atom. The topological polar surface area (TPSA) is 51.2 Å². The fourth-order valence-electron chi connectivity index (χ4n) is 1.93. The summed E-state index contributed by atoms with van der Waals surface area (Å²) < 4.78 is 5.77. The van der Waals surface area contributed by atoms with E-state index in [1.807, 2.05) is 42.5 Å². The minimum absolute atomic E-state index is 0.463. The smallest absolute Gasteiger partial charge is 0.411 e. The molecule has 0 aliphatic carbocycles. The van der Waals surface area contributed by atoms with Crippen molar-refractivity contribution in [1.29, 1.82) is 0 Å². The predicted octanol–water partition coefficient (Wildman–Crippen LogP) is 4.77. The van der Waals surface area contributed by atoms with Gasteiger partial charge in [-0.25, -0.2) is 9.78 Å². The quantitative estimate of drug-likeness (QED) is 0.700. The predicted molar refractivity (Wildman–Crippen MR) is 91.7 cm³/mol. The molecule has 0 aliphatic heterocycles. The summed E-state index contributed by atoms with van der Waals surface area (Å²) in [5, 5.41) is 3.74. The molecule has 6 heteroatoms. The molecule has 0 fully saturated rings. The van der Waals surface area contributed by atoms with Crippen LogP contribution in [0.3, 0.4) is 0 Å². The second kappa shape index (κ2) is 6.81. The molecule has 0 atom stereocenters. The van der Waals surface area contributed by atoms with Gasteiger partial charge in [0.05, 0.1) is 23.1 Å². The minimum Gasteiger partial charge on any atom is -0.453 e. The zero-order valence-corrected chi connectivity index (χ0v) is 13.5. The summed E-state index contributed by atoms with van der Waals surface area (Å²) in [4.78, 5) is 16.9. The van der Waals surface area contributed by atoms with Crippen molar-refractivity contribution in [3.63, 3.8) is 0 Å². The van der Waals surface area contributed by atoms with Crippen LogP contribution in [0.15, 0.2) is 53.4 Å². The van der Waals surface area contributed by atoms with Gasteiger partial charge in [0.1, 0.15) is 5.01 Å². The van der Waals surface area contributed by atoms with Crippen molar-refractivity contribution >= 4 is 45.1 Å². The Balaban J connectivity index is 1.62. The van der Waals surface area contributed by atoms with E-state index >= 15 is 0 Å². The number of fused-ring (bicyclic) bond motifs is 1. The number of rotatable bonds is 4. The van der Waals surface area contributed by atoms with Crippen LogP contribution in [-0.2, 0) is 10.5 Å². The third kappa shape index (κ3) is 3.58. The third-order valence-corrected chi connectivity index (χ3v) is 5.23. The van der Waals surface area contributed by atoms with Gasteiger partial charge in [-0.2, -0.15) is 0 Å². The summed E-state index contributed by atoms with van der Waals surface area (Å²) in [6.45, 7) is 0. The number of carbonyl (C=O) groups is 1. The molecule has 1 amide bonds. The molecule has 2 aromatic carbocycles. The van der Waals surface area contributed by atoms with Crippen molar-refractivity contribution in [3.05, 3.63) is 53.5 Å². The Morgan fingerprint density at radius 3 is 2.73 bits per heavy atom. The van der Waals surface area contributed by atoms with Crippen molar-refractivity contribution in [2.45, 2.75) is 10.6 Å². The minimum atomic E-state index is -0.463. The summed E-state index contributed by atoms with van der Waals surface area (Å²) in [7, 11) is 1.34. The highest BCUT2D eigenvalue weighted by atomic mass is 32.2. The highest BCUT2D eigenvalue weighted by molar-refractivity contribution is 7.98. The van der Waals surface area contributed by atoms with Gasteiger partial charge in [0.2, 0.25) is 0 Å². The highest BCUT2D eigenvalue weighted by Crippen LogP contribution is 2.29. The summed E-state index contributed by atoms with van der Waals surface area (Å²) >= 11 is 3.45. The maximum atomic E-state index is 11.1. The van der Waals surface area contributed by atoms with Gasteiger partial charge < -0.3 is 4.74 Å². The number of benzene rings is 2. The molecule has 0 saturated carbocycles. The standard InChI is InChI=1S/C16H14N2O2S2/c1-20-16(19)17-11-6-8-12(9-7-11)21-10-15-18-13-4-2-3-5-14(13)22-15/h2-9H,10H2,1H3,(H,17,19). The molecule has 1 aromatic heterocycles. The lowest BCUT2D eigenvalue weighted by molar-refractivity contribution is 0.187. The van der Waals surface area contributed by atoms with Crippen molar-refractivity contribution in [3.8, 4) is 0 Å². The van der Waals surface area contributed by atoms with E-state index in [1.54, 1.807) is 23.1 Å². The number of nitrogens with one attached hydrogen (secondary N) is 1. The number of nitrogens with zero attached hydrogens (tertiary/aromatic N) is 1. The average Bonchev–Trinajstić information content (AvgIpc) is 2.97. The Labute approximate surface area is 136 Å². The SMILES string of the molecule is COC(=O)Nc1ccc(SCc2nc3ccccc3s2)cc1. The van der Waals surface area contributed by atoms with Gasteiger partial charge in [-0.1, -0.05) is 12.1 Å². The molecule has 0 saturated heterocycles. The Kier molecular flexibility index (Phi) is 4.60. The van der Waals surface area contributed by atoms with Gasteiger partial charge in [0.25, 0.3) is 0 Å². The summed E-state index contributed by atoms with van der Waals surface area (Å²) in [5.74, 6) is 0.836. The molecule has 0 radical (unpaired) electrons. The second-order valence-electron chi connectivity index (χ2n) is 4.50. The van der Waals surface area contributed by atoms with E-state index in [0.29, 0.717) is 0 Å². The number of methoxy groups -OCH3 is 1. The lowest BCUT2D eigenvalue weighted by Crippen LogP contribution is -2.10. The van der Waals surface area contributed by atoms with Crippen LogP contribution in [0.1, 0.15) is 5.01 Å². The van der Waals surface area contributed by atoms with Crippen LogP contribution in [0.5, 0.6) is 0 Å². The summed E-state index contributed by atoms with van der Waals surface area (Å²) in [5.41, 5.74) is 1.77. The van der Waals surface area contributed by atoms with Crippen molar-refractivity contribution in [2.75, 3.05) is 12.4 Å². The number of amides is 1. The number of aromatic nitrogens is 1. The first-order valence-corrected chi connectivity index (χ1v) is 8.47. The molecule has 0 bridgehead atoms. The number of hydrogen-bond acceptors (Lipinski definition) is 5. The molecule has 4 nitrogen and oxygen atoms in total. The van der Waals surface area contributed by atoms with E-state index in [2.05, 4.69) is 21.1 Å². The Morgan fingerprint density at radius 2 is 2.00 bits per heavy atom. The van der Waals surface area contributed by atoms with Gasteiger partial charge in [-0.05, 0) is 36.4 Å².